The molecule has 3 N–H and O–H groups in total. The van der Waals surface area contributed by atoms with Gasteiger partial charge in [0.05, 0.1) is 0 Å². The van der Waals surface area contributed by atoms with Crippen molar-refractivity contribution in [2.75, 3.05) is 0 Å². The van der Waals surface area contributed by atoms with Gasteiger partial charge >= 0.3 is 6.09 Å². The molecule has 1 rings (SSSR count). The molecule has 94 valence electrons. The molecule has 4 heteroatoms. The number of rotatable bonds is 2. The Kier molecular flexibility index (Phi) is 4.19. The molecule has 0 radical (unpaired) electrons. The Morgan fingerprint density at radius 3 is 2.50 bits per heavy atom. The molecule has 3 atom stereocenters. The minimum absolute atomic E-state index is 0.213. The van der Waals surface area contributed by atoms with E-state index in [0.717, 1.165) is 19.3 Å². The van der Waals surface area contributed by atoms with Crippen molar-refractivity contribution in [2.45, 2.75) is 64.6 Å². The van der Waals surface area contributed by atoms with E-state index in [-0.39, 0.29) is 18.2 Å². The van der Waals surface area contributed by atoms with Gasteiger partial charge < -0.3 is 15.8 Å². The van der Waals surface area contributed by atoms with Crippen molar-refractivity contribution in [3.63, 3.8) is 0 Å². The van der Waals surface area contributed by atoms with Crippen LogP contribution in [0.4, 0.5) is 4.79 Å². The molecular weight excluding hydrogens is 204 g/mol. The highest BCUT2D eigenvalue weighted by molar-refractivity contribution is 5.68. The van der Waals surface area contributed by atoms with E-state index < -0.39 is 5.60 Å². The van der Waals surface area contributed by atoms with Gasteiger partial charge in [0.15, 0.2) is 0 Å². The van der Waals surface area contributed by atoms with Crippen LogP contribution in [0.2, 0.25) is 0 Å². The zero-order valence-electron chi connectivity index (χ0n) is 10.7. The molecule has 0 heterocycles. The van der Waals surface area contributed by atoms with Gasteiger partial charge in [-0.3, -0.25) is 0 Å². The Bertz CT molecular complexity index is 246. The molecule has 3 unspecified atom stereocenters. The van der Waals surface area contributed by atoms with Crippen LogP contribution in [0.1, 0.15) is 47.0 Å². The van der Waals surface area contributed by atoms with E-state index in [9.17, 15) is 4.79 Å². The van der Waals surface area contributed by atoms with Crippen LogP contribution in [0.3, 0.4) is 0 Å². The smallest absolute Gasteiger partial charge is 0.407 e. The third-order valence-corrected chi connectivity index (χ3v) is 2.94. The van der Waals surface area contributed by atoms with Gasteiger partial charge in [-0.2, -0.15) is 0 Å². The Morgan fingerprint density at radius 2 is 2.06 bits per heavy atom. The molecule has 16 heavy (non-hydrogen) atoms. The Labute approximate surface area is 97.9 Å². The van der Waals surface area contributed by atoms with Crippen LogP contribution in [0.15, 0.2) is 0 Å². The van der Waals surface area contributed by atoms with Crippen LogP contribution in [0, 0.1) is 5.92 Å². The number of nitrogens with two attached hydrogens (primary N) is 1. The van der Waals surface area contributed by atoms with Crippen molar-refractivity contribution in [1.29, 1.82) is 0 Å². The van der Waals surface area contributed by atoms with Gasteiger partial charge in [0, 0.05) is 12.1 Å². The largest absolute Gasteiger partial charge is 0.444 e. The summed E-state index contributed by atoms with van der Waals surface area (Å²) in [5.74, 6) is 0.528. The molecule has 1 saturated carbocycles. The zero-order chi connectivity index (χ0) is 12.3. The topological polar surface area (TPSA) is 64.3 Å². The SMILES string of the molecule is CC(N)C1CCC(NC(=O)OC(C)(C)C)C1. The van der Waals surface area contributed by atoms with Gasteiger partial charge in [-0.15, -0.1) is 0 Å². The number of alkyl carbamates (subject to hydrolysis) is 1. The second-order valence-electron chi connectivity index (χ2n) is 5.78. The number of carbonyl (C=O) groups excluding carboxylic acids is 1. The summed E-state index contributed by atoms with van der Waals surface area (Å²) in [5.41, 5.74) is 5.42. The molecule has 0 aromatic rings. The summed E-state index contributed by atoms with van der Waals surface area (Å²) in [6.45, 7) is 7.63. The maximum Gasteiger partial charge on any atom is 0.407 e. The van der Waals surface area contributed by atoms with E-state index >= 15 is 0 Å². The minimum Gasteiger partial charge on any atom is -0.444 e. The summed E-state index contributed by atoms with van der Waals surface area (Å²) < 4.78 is 5.21. The Morgan fingerprint density at radius 1 is 1.44 bits per heavy atom. The average molecular weight is 228 g/mol. The Balaban J connectivity index is 2.32. The first-order chi connectivity index (χ1) is 7.28. The summed E-state index contributed by atoms with van der Waals surface area (Å²) >= 11 is 0. The highest BCUT2D eigenvalue weighted by Crippen LogP contribution is 2.27. The fourth-order valence-corrected chi connectivity index (χ4v) is 2.10. The number of hydrogen-bond acceptors (Lipinski definition) is 3. The molecule has 1 aliphatic carbocycles. The normalized spacial score (nSPS) is 27.6. The van der Waals surface area contributed by atoms with Crippen molar-refractivity contribution in [3.8, 4) is 0 Å². The predicted molar refractivity (Wildman–Crippen MR) is 64.1 cm³/mol. The van der Waals surface area contributed by atoms with E-state index in [0.29, 0.717) is 5.92 Å². The third-order valence-electron chi connectivity index (χ3n) is 2.94. The zero-order valence-corrected chi connectivity index (χ0v) is 10.7. The van der Waals surface area contributed by atoms with Crippen molar-refractivity contribution < 1.29 is 9.53 Å². The van der Waals surface area contributed by atoms with Gasteiger partial charge in [0.1, 0.15) is 5.60 Å². The standard InChI is InChI=1S/C12H24N2O2/c1-8(13)9-5-6-10(7-9)14-11(15)16-12(2,3)4/h8-10H,5-7,13H2,1-4H3,(H,14,15). The molecule has 0 aliphatic heterocycles. The fourth-order valence-electron chi connectivity index (χ4n) is 2.10. The Hall–Kier alpha value is -0.770. The predicted octanol–water partition coefficient (Wildman–Crippen LogP) is 2.03. The lowest BCUT2D eigenvalue weighted by molar-refractivity contribution is 0.0504. The highest BCUT2D eigenvalue weighted by Gasteiger charge is 2.29. The van der Waals surface area contributed by atoms with E-state index in [4.69, 9.17) is 10.5 Å². The van der Waals surface area contributed by atoms with Crippen LogP contribution in [-0.2, 0) is 4.74 Å². The number of ether oxygens (including phenoxy) is 1. The molecule has 1 fully saturated rings. The van der Waals surface area contributed by atoms with Crippen LogP contribution in [0.5, 0.6) is 0 Å². The summed E-state index contributed by atoms with van der Waals surface area (Å²) in [6, 6.07) is 0.441. The molecule has 0 aromatic carbocycles. The molecule has 0 bridgehead atoms. The number of hydrogen-bond donors (Lipinski definition) is 2. The van der Waals surface area contributed by atoms with E-state index in [2.05, 4.69) is 5.32 Å². The van der Waals surface area contributed by atoms with Gasteiger partial charge in [-0.1, -0.05) is 0 Å². The quantitative estimate of drug-likeness (QED) is 0.760. The van der Waals surface area contributed by atoms with E-state index in [1.165, 1.54) is 0 Å². The van der Waals surface area contributed by atoms with Crippen molar-refractivity contribution in [3.05, 3.63) is 0 Å². The van der Waals surface area contributed by atoms with Crippen molar-refractivity contribution in [2.24, 2.45) is 11.7 Å². The number of amides is 1. The summed E-state index contributed by atoms with van der Waals surface area (Å²) in [7, 11) is 0. The molecule has 1 amide bonds. The summed E-state index contributed by atoms with van der Waals surface area (Å²) in [4.78, 5) is 11.5. The van der Waals surface area contributed by atoms with Crippen LogP contribution in [-0.4, -0.2) is 23.8 Å². The maximum atomic E-state index is 11.5. The van der Waals surface area contributed by atoms with E-state index in [1.807, 2.05) is 27.7 Å². The number of carbonyl (C=O) groups is 1. The average Bonchev–Trinajstić information content (AvgIpc) is 2.48. The lowest BCUT2D eigenvalue weighted by Gasteiger charge is -2.22. The molecule has 1 aliphatic rings. The third kappa shape index (κ3) is 4.39. The van der Waals surface area contributed by atoms with Crippen LogP contribution in [0.25, 0.3) is 0 Å². The lowest BCUT2D eigenvalue weighted by Crippen LogP contribution is -2.38. The monoisotopic (exact) mass is 228 g/mol. The summed E-state index contributed by atoms with van der Waals surface area (Å²) in [5, 5.41) is 2.90. The van der Waals surface area contributed by atoms with Gasteiger partial charge in [0.2, 0.25) is 0 Å². The highest BCUT2D eigenvalue weighted by atomic mass is 16.6. The summed E-state index contributed by atoms with van der Waals surface area (Å²) in [6.07, 6.45) is 2.75. The first kappa shape index (κ1) is 13.3. The minimum atomic E-state index is -0.427. The molecule has 0 spiro atoms. The maximum absolute atomic E-state index is 11.5. The fraction of sp³-hybridized carbons (Fsp3) is 0.917. The molecule has 0 saturated heterocycles. The second-order valence-corrected chi connectivity index (χ2v) is 5.78. The molecular formula is C12H24N2O2. The first-order valence-corrected chi connectivity index (χ1v) is 6.03. The van der Waals surface area contributed by atoms with Gasteiger partial charge in [-0.25, -0.2) is 4.79 Å². The molecule has 0 aromatic heterocycles. The lowest BCUT2D eigenvalue weighted by atomic mass is 10.0. The molecule has 4 nitrogen and oxygen atoms in total. The number of nitrogens with one attached hydrogen (secondary N) is 1. The van der Waals surface area contributed by atoms with Gasteiger partial charge in [-0.05, 0) is 52.9 Å². The second kappa shape index (κ2) is 5.04. The van der Waals surface area contributed by atoms with Crippen LogP contribution < -0.4 is 11.1 Å². The van der Waals surface area contributed by atoms with E-state index in [1.54, 1.807) is 0 Å². The van der Waals surface area contributed by atoms with Crippen LogP contribution >= 0.6 is 0 Å². The van der Waals surface area contributed by atoms with Crippen molar-refractivity contribution >= 4 is 6.09 Å². The van der Waals surface area contributed by atoms with Gasteiger partial charge in [0.25, 0.3) is 0 Å². The van der Waals surface area contributed by atoms with Crippen molar-refractivity contribution in [1.82, 2.24) is 5.32 Å². The first-order valence-electron chi connectivity index (χ1n) is 6.03.